The van der Waals surface area contributed by atoms with Gasteiger partial charge >= 0.3 is 0 Å². The van der Waals surface area contributed by atoms with Gasteiger partial charge in [0.2, 0.25) is 0 Å². The van der Waals surface area contributed by atoms with E-state index in [1.54, 1.807) is 0 Å². The van der Waals surface area contributed by atoms with E-state index in [2.05, 4.69) is 10.4 Å². The van der Waals surface area contributed by atoms with Crippen LogP contribution in [0.15, 0.2) is 30.5 Å². The second-order valence-electron chi connectivity index (χ2n) is 6.47. The number of rotatable bonds is 3. The maximum atomic E-state index is 13.0. The van der Waals surface area contributed by atoms with E-state index >= 15 is 0 Å². The van der Waals surface area contributed by atoms with Gasteiger partial charge in [-0.2, -0.15) is 5.10 Å². The first-order valence-corrected chi connectivity index (χ1v) is 7.40. The Morgan fingerprint density at radius 3 is 2.65 bits per heavy atom. The molecule has 0 aliphatic heterocycles. The fourth-order valence-corrected chi connectivity index (χ4v) is 2.68. The van der Waals surface area contributed by atoms with E-state index in [4.69, 9.17) is 5.73 Å². The molecule has 23 heavy (non-hydrogen) atoms. The maximum Gasteiger partial charge on any atom is 0.275 e. The highest BCUT2D eigenvalue weighted by Gasteiger charge is 2.47. The molecule has 2 atom stereocenters. The van der Waals surface area contributed by atoms with Gasteiger partial charge in [-0.15, -0.1) is 0 Å². The van der Waals surface area contributed by atoms with Gasteiger partial charge in [0.15, 0.2) is 11.4 Å². The summed E-state index contributed by atoms with van der Waals surface area (Å²) in [5, 5.41) is 16.9. The third-order valence-corrected chi connectivity index (χ3v) is 4.65. The highest BCUT2D eigenvalue weighted by atomic mass is 19.1. The predicted molar refractivity (Wildman–Crippen MR) is 82.8 cm³/mol. The third-order valence-electron chi connectivity index (χ3n) is 4.65. The van der Waals surface area contributed by atoms with Gasteiger partial charge in [0.05, 0.1) is 11.9 Å². The molecule has 7 heteroatoms. The van der Waals surface area contributed by atoms with Crippen molar-refractivity contribution >= 4 is 5.91 Å². The average Bonchev–Trinajstić information content (AvgIpc) is 2.89. The Bertz CT molecular complexity index is 739. The van der Waals surface area contributed by atoms with Crippen LogP contribution in [0.1, 0.15) is 30.8 Å². The van der Waals surface area contributed by atoms with Crippen molar-refractivity contribution in [2.24, 2.45) is 11.1 Å². The van der Waals surface area contributed by atoms with Crippen LogP contribution < -0.4 is 11.1 Å². The van der Waals surface area contributed by atoms with E-state index in [0.29, 0.717) is 12.1 Å². The molecule has 2 aromatic rings. The van der Waals surface area contributed by atoms with Gasteiger partial charge in [-0.05, 0) is 30.7 Å². The Morgan fingerprint density at radius 2 is 2.09 bits per heavy atom. The molecule has 6 nitrogen and oxygen atoms in total. The highest BCUT2D eigenvalue weighted by molar-refractivity contribution is 5.95. The van der Waals surface area contributed by atoms with Gasteiger partial charge < -0.3 is 16.2 Å². The normalized spacial score (nSPS) is 22.4. The topological polar surface area (TPSA) is 93.2 Å². The molecule has 0 spiro atoms. The van der Waals surface area contributed by atoms with Gasteiger partial charge in [0.25, 0.3) is 5.91 Å². The van der Waals surface area contributed by atoms with Crippen LogP contribution in [0.3, 0.4) is 0 Å². The molecular weight excluding hydrogens is 299 g/mol. The third kappa shape index (κ3) is 2.68. The summed E-state index contributed by atoms with van der Waals surface area (Å²) < 4.78 is 14.3. The predicted octanol–water partition coefficient (Wildman–Crippen LogP) is 1.57. The van der Waals surface area contributed by atoms with Crippen LogP contribution in [-0.2, 0) is 0 Å². The molecule has 1 amide bonds. The summed E-state index contributed by atoms with van der Waals surface area (Å²) in [6.45, 7) is 3.98. The Hall–Kier alpha value is -2.41. The van der Waals surface area contributed by atoms with E-state index in [0.717, 1.165) is 0 Å². The number of nitrogens with zero attached hydrogens (tertiary/aromatic N) is 2. The second-order valence-corrected chi connectivity index (χ2v) is 6.47. The molecule has 1 aliphatic carbocycles. The fraction of sp³-hybridized carbons (Fsp3) is 0.375. The first-order chi connectivity index (χ1) is 10.8. The Balaban J connectivity index is 1.78. The van der Waals surface area contributed by atoms with Crippen LogP contribution in [0.25, 0.3) is 5.69 Å². The number of amides is 1. The Kier molecular flexibility index (Phi) is 3.60. The Labute approximate surface area is 133 Å². The van der Waals surface area contributed by atoms with Crippen molar-refractivity contribution in [2.45, 2.75) is 32.4 Å². The molecule has 2 unspecified atom stereocenters. The van der Waals surface area contributed by atoms with Crippen molar-refractivity contribution < 1.29 is 14.3 Å². The van der Waals surface area contributed by atoms with Gasteiger partial charge in [-0.3, -0.25) is 4.79 Å². The number of hydrogen-bond acceptors (Lipinski definition) is 4. The van der Waals surface area contributed by atoms with Gasteiger partial charge in [0, 0.05) is 17.5 Å². The van der Waals surface area contributed by atoms with Gasteiger partial charge in [0.1, 0.15) is 5.82 Å². The smallest absolute Gasteiger partial charge is 0.275 e. The number of carbonyl (C=O) groups excluding carboxylic acids is 1. The van der Waals surface area contributed by atoms with Crippen LogP contribution in [0.5, 0.6) is 5.75 Å². The number of benzene rings is 1. The summed E-state index contributed by atoms with van der Waals surface area (Å²) in [5.41, 5.74) is 6.23. The first-order valence-electron chi connectivity index (χ1n) is 7.40. The first kappa shape index (κ1) is 15.5. The van der Waals surface area contributed by atoms with Gasteiger partial charge in [-0.1, -0.05) is 13.8 Å². The van der Waals surface area contributed by atoms with Crippen molar-refractivity contribution in [1.82, 2.24) is 15.1 Å². The van der Waals surface area contributed by atoms with Crippen molar-refractivity contribution in [3.63, 3.8) is 0 Å². The van der Waals surface area contributed by atoms with Gasteiger partial charge in [-0.25, -0.2) is 9.07 Å². The van der Waals surface area contributed by atoms with Crippen LogP contribution in [0.4, 0.5) is 4.39 Å². The Morgan fingerprint density at radius 1 is 1.43 bits per heavy atom. The average molecular weight is 318 g/mol. The molecule has 0 bridgehead atoms. The lowest BCUT2D eigenvalue weighted by Gasteiger charge is -2.50. The molecule has 1 aromatic carbocycles. The number of nitrogens with two attached hydrogens (primary N) is 1. The number of carbonyl (C=O) groups is 1. The summed E-state index contributed by atoms with van der Waals surface area (Å²) in [4.78, 5) is 12.3. The largest absolute Gasteiger partial charge is 0.504 e. The zero-order valence-corrected chi connectivity index (χ0v) is 13.0. The van der Waals surface area contributed by atoms with Crippen molar-refractivity contribution in [2.75, 3.05) is 0 Å². The number of hydrogen-bond donors (Lipinski definition) is 3. The quantitative estimate of drug-likeness (QED) is 0.801. The van der Waals surface area contributed by atoms with Crippen LogP contribution in [0, 0.1) is 11.2 Å². The summed E-state index contributed by atoms with van der Waals surface area (Å²) in [7, 11) is 0. The zero-order chi connectivity index (χ0) is 16.8. The van der Waals surface area contributed by atoms with Crippen LogP contribution in [0.2, 0.25) is 0 Å². The molecule has 0 saturated heterocycles. The number of nitrogens with one attached hydrogen (secondary N) is 1. The fourth-order valence-electron chi connectivity index (χ4n) is 2.68. The molecule has 4 N–H and O–H groups in total. The summed E-state index contributed by atoms with van der Waals surface area (Å²) in [5.74, 6) is -1.05. The molecule has 1 heterocycles. The molecule has 1 aromatic heterocycles. The molecular formula is C16H19FN4O2. The molecule has 122 valence electrons. The number of halogens is 1. The van der Waals surface area contributed by atoms with Crippen molar-refractivity contribution in [3.8, 4) is 11.4 Å². The van der Waals surface area contributed by atoms with Crippen molar-refractivity contribution in [3.05, 3.63) is 42.0 Å². The van der Waals surface area contributed by atoms with E-state index in [-0.39, 0.29) is 34.8 Å². The lowest BCUT2D eigenvalue weighted by Crippen LogP contribution is -2.64. The maximum absolute atomic E-state index is 13.0. The van der Waals surface area contributed by atoms with Crippen LogP contribution >= 0.6 is 0 Å². The lowest BCUT2D eigenvalue weighted by atomic mass is 9.63. The minimum absolute atomic E-state index is 0.0400. The minimum atomic E-state index is -0.451. The zero-order valence-electron chi connectivity index (χ0n) is 13.0. The summed E-state index contributed by atoms with van der Waals surface area (Å²) in [6.07, 6.45) is 2.01. The molecule has 3 rings (SSSR count). The van der Waals surface area contributed by atoms with E-state index < -0.39 is 5.91 Å². The van der Waals surface area contributed by atoms with E-state index in [1.807, 2.05) is 13.8 Å². The van der Waals surface area contributed by atoms with E-state index in [1.165, 1.54) is 35.1 Å². The lowest BCUT2D eigenvalue weighted by molar-refractivity contribution is 0.0581. The monoisotopic (exact) mass is 318 g/mol. The number of aromatic hydroxyl groups is 1. The molecule has 1 fully saturated rings. The van der Waals surface area contributed by atoms with Crippen molar-refractivity contribution in [1.29, 1.82) is 0 Å². The second kappa shape index (κ2) is 5.34. The molecule has 0 radical (unpaired) electrons. The number of aromatic nitrogens is 2. The molecule has 1 aliphatic rings. The highest BCUT2D eigenvalue weighted by Crippen LogP contribution is 2.39. The standard InChI is InChI=1S/C16H19FN4O2/c1-16(2)12(18)7-13(16)19-15(23)14-11(22)8-21(20-14)10-5-3-9(17)4-6-10/h3-6,8,12-13,22H,7,18H2,1-2H3,(H,19,23). The van der Waals surface area contributed by atoms with E-state index in [9.17, 15) is 14.3 Å². The SMILES string of the molecule is CC1(C)C(N)CC1NC(=O)c1nn(-c2ccc(F)cc2)cc1O. The summed E-state index contributed by atoms with van der Waals surface area (Å²) >= 11 is 0. The van der Waals surface area contributed by atoms with Crippen LogP contribution in [-0.4, -0.2) is 32.9 Å². The molecule has 1 saturated carbocycles. The minimum Gasteiger partial charge on any atom is -0.504 e. The summed E-state index contributed by atoms with van der Waals surface area (Å²) in [6, 6.07) is 5.58.